The van der Waals surface area contributed by atoms with Gasteiger partial charge in [0.05, 0.1) is 22.6 Å². The van der Waals surface area contributed by atoms with Crippen molar-refractivity contribution in [1.82, 2.24) is 19.9 Å². The van der Waals surface area contributed by atoms with E-state index in [0.29, 0.717) is 11.6 Å². The normalized spacial score (nSPS) is 11.7. The van der Waals surface area contributed by atoms with Crippen molar-refractivity contribution in [3.8, 4) is 56.5 Å². The van der Waals surface area contributed by atoms with Crippen molar-refractivity contribution in [3.05, 3.63) is 206 Å². The van der Waals surface area contributed by atoms with E-state index in [2.05, 4.69) is 206 Å². The molecule has 278 valence electrons. The molecule has 0 amide bonds. The van der Waals surface area contributed by atoms with E-state index >= 15 is 0 Å². The van der Waals surface area contributed by atoms with Crippen molar-refractivity contribution in [2.24, 2.45) is 0 Å². The third-order valence-corrected chi connectivity index (χ3v) is 11.8. The van der Waals surface area contributed by atoms with Crippen LogP contribution < -0.4 is 0 Å². The number of hydrogen-bond donors (Lipinski definition) is 0. The standard InChI is InChI=1S/C56H34N4/c1-5-13-40-29-44(22-17-35(40)9-1)51-34-52(45-23-18-36-10-2-6-14-41(36)30-45)58-55(57-51)48-26-21-39-27-28-49-53(46-24-19-37-11-3-7-15-42(37)31-46)59-56(60-54(49)50(39)33-48)47-25-20-38-12-4-8-16-43(38)32-47/h1-34H. The zero-order chi connectivity index (χ0) is 39.6. The number of benzene rings is 10. The van der Waals surface area contributed by atoms with E-state index < -0.39 is 0 Å². The van der Waals surface area contributed by atoms with Gasteiger partial charge in [0.1, 0.15) is 0 Å². The molecule has 12 rings (SSSR count). The Balaban J connectivity index is 1.09. The fourth-order valence-corrected chi connectivity index (χ4v) is 8.64. The van der Waals surface area contributed by atoms with Gasteiger partial charge in [-0.1, -0.05) is 164 Å². The highest BCUT2D eigenvalue weighted by atomic mass is 14.9. The van der Waals surface area contributed by atoms with Gasteiger partial charge in [-0.3, -0.25) is 0 Å². The summed E-state index contributed by atoms with van der Waals surface area (Å²) in [5.74, 6) is 1.34. The predicted octanol–water partition coefficient (Wildman–Crippen LogP) is 14.5. The van der Waals surface area contributed by atoms with E-state index in [4.69, 9.17) is 19.9 Å². The molecule has 0 aliphatic carbocycles. The van der Waals surface area contributed by atoms with Crippen LogP contribution in [0.1, 0.15) is 0 Å². The summed E-state index contributed by atoms with van der Waals surface area (Å²) in [4.78, 5) is 21.3. The van der Waals surface area contributed by atoms with Crippen LogP contribution in [0, 0.1) is 0 Å². The molecule has 0 fully saturated rings. The number of aromatic nitrogens is 4. The van der Waals surface area contributed by atoms with Crippen molar-refractivity contribution in [2.45, 2.75) is 0 Å². The van der Waals surface area contributed by atoms with Gasteiger partial charge in [0.25, 0.3) is 0 Å². The highest BCUT2D eigenvalue weighted by Crippen LogP contribution is 2.37. The van der Waals surface area contributed by atoms with Crippen LogP contribution >= 0.6 is 0 Å². The van der Waals surface area contributed by atoms with Gasteiger partial charge in [0.15, 0.2) is 11.6 Å². The lowest BCUT2D eigenvalue weighted by Crippen LogP contribution is -1.98. The first-order valence-electron chi connectivity index (χ1n) is 20.3. The largest absolute Gasteiger partial charge is 0.228 e. The molecule has 0 radical (unpaired) electrons. The second-order valence-corrected chi connectivity index (χ2v) is 15.5. The molecule has 10 aromatic carbocycles. The Morgan fingerprint density at radius 3 is 1.15 bits per heavy atom. The fourth-order valence-electron chi connectivity index (χ4n) is 8.64. The minimum Gasteiger partial charge on any atom is -0.228 e. The number of nitrogens with zero attached hydrogens (tertiary/aromatic N) is 4. The first-order chi connectivity index (χ1) is 29.7. The molecule has 0 saturated carbocycles. The molecule has 60 heavy (non-hydrogen) atoms. The van der Waals surface area contributed by atoms with Crippen LogP contribution in [0.3, 0.4) is 0 Å². The van der Waals surface area contributed by atoms with Gasteiger partial charge in [-0.05, 0) is 90.9 Å². The SMILES string of the molecule is c1ccc2cc(-c3cc(-c4ccc5ccccc5c4)nc(-c4ccc5ccc6c(-c7ccc8ccccc8c7)nc(-c7ccc8ccccc8c7)nc6c5c4)n3)ccc2c1. The Bertz CT molecular complexity index is 3590. The van der Waals surface area contributed by atoms with Crippen LogP contribution in [0.5, 0.6) is 0 Å². The van der Waals surface area contributed by atoms with E-state index in [-0.39, 0.29) is 0 Å². The van der Waals surface area contributed by atoms with E-state index in [0.717, 1.165) is 72.0 Å². The Morgan fingerprint density at radius 1 is 0.233 bits per heavy atom. The molecule has 4 nitrogen and oxygen atoms in total. The topological polar surface area (TPSA) is 51.6 Å². The van der Waals surface area contributed by atoms with Crippen molar-refractivity contribution in [1.29, 1.82) is 0 Å². The zero-order valence-corrected chi connectivity index (χ0v) is 32.4. The van der Waals surface area contributed by atoms with E-state index in [1.165, 1.54) is 37.7 Å². The summed E-state index contributed by atoms with van der Waals surface area (Å²) in [6.07, 6.45) is 0. The van der Waals surface area contributed by atoms with Gasteiger partial charge in [0, 0.05) is 38.6 Å². The number of rotatable bonds is 5. The molecular formula is C56H34N4. The highest BCUT2D eigenvalue weighted by molar-refractivity contribution is 6.11. The Kier molecular flexibility index (Phi) is 7.82. The van der Waals surface area contributed by atoms with Crippen LogP contribution in [0.2, 0.25) is 0 Å². The molecule has 0 unspecified atom stereocenters. The Hall–Kier alpha value is -8.08. The van der Waals surface area contributed by atoms with Crippen molar-refractivity contribution < 1.29 is 0 Å². The van der Waals surface area contributed by atoms with Crippen molar-refractivity contribution in [2.75, 3.05) is 0 Å². The molecule has 0 spiro atoms. The summed E-state index contributed by atoms with van der Waals surface area (Å²) in [5.41, 5.74) is 8.53. The van der Waals surface area contributed by atoms with Gasteiger partial charge in [0.2, 0.25) is 0 Å². The van der Waals surface area contributed by atoms with Crippen LogP contribution in [0.25, 0.3) is 121 Å². The Labute approximate surface area is 346 Å². The monoisotopic (exact) mass is 762 g/mol. The first-order valence-corrected chi connectivity index (χ1v) is 20.3. The average Bonchev–Trinajstić information content (AvgIpc) is 3.32. The quantitative estimate of drug-likeness (QED) is 0.164. The lowest BCUT2D eigenvalue weighted by molar-refractivity contribution is 1.19. The van der Waals surface area contributed by atoms with Gasteiger partial charge in [-0.25, -0.2) is 19.9 Å². The summed E-state index contributed by atoms with van der Waals surface area (Å²) < 4.78 is 0. The summed E-state index contributed by atoms with van der Waals surface area (Å²) in [6.45, 7) is 0. The van der Waals surface area contributed by atoms with E-state index in [9.17, 15) is 0 Å². The molecular weight excluding hydrogens is 729 g/mol. The maximum Gasteiger partial charge on any atom is 0.160 e. The summed E-state index contributed by atoms with van der Waals surface area (Å²) in [6, 6.07) is 73.0. The number of fused-ring (bicyclic) bond motifs is 7. The molecule has 4 heteroatoms. The molecule has 2 aromatic heterocycles. The van der Waals surface area contributed by atoms with Crippen LogP contribution in [0.15, 0.2) is 206 Å². The minimum atomic E-state index is 0.654. The summed E-state index contributed by atoms with van der Waals surface area (Å²) in [7, 11) is 0. The van der Waals surface area contributed by atoms with Gasteiger partial charge in [-0.15, -0.1) is 0 Å². The smallest absolute Gasteiger partial charge is 0.160 e. The average molecular weight is 763 g/mol. The zero-order valence-electron chi connectivity index (χ0n) is 32.4. The van der Waals surface area contributed by atoms with E-state index in [1.807, 2.05) is 0 Å². The molecule has 0 saturated heterocycles. The van der Waals surface area contributed by atoms with Gasteiger partial charge in [-0.2, -0.15) is 0 Å². The fraction of sp³-hybridized carbons (Fsp3) is 0. The number of hydrogen-bond acceptors (Lipinski definition) is 4. The predicted molar refractivity (Wildman–Crippen MR) is 250 cm³/mol. The lowest BCUT2D eigenvalue weighted by atomic mass is 9.98. The molecule has 0 bridgehead atoms. The van der Waals surface area contributed by atoms with Gasteiger partial charge < -0.3 is 0 Å². The van der Waals surface area contributed by atoms with Crippen molar-refractivity contribution in [3.63, 3.8) is 0 Å². The minimum absolute atomic E-state index is 0.654. The second kappa shape index (κ2) is 13.8. The molecule has 0 atom stereocenters. The van der Waals surface area contributed by atoms with Crippen LogP contribution in [0.4, 0.5) is 0 Å². The molecule has 0 N–H and O–H groups in total. The van der Waals surface area contributed by atoms with Crippen LogP contribution in [-0.2, 0) is 0 Å². The summed E-state index contributed by atoms with van der Waals surface area (Å²) in [5, 5.41) is 12.5. The maximum atomic E-state index is 5.40. The first kappa shape index (κ1) is 34.0. The summed E-state index contributed by atoms with van der Waals surface area (Å²) >= 11 is 0. The van der Waals surface area contributed by atoms with Crippen LogP contribution in [-0.4, -0.2) is 19.9 Å². The Morgan fingerprint density at radius 2 is 0.617 bits per heavy atom. The van der Waals surface area contributed by atoms with E-state index in [1.54, 1.807) is 0 Å². The highest BCUT2D eigenvalue weighted by Gasteiger charge is 2.17. The molecule has 2 heterocycles. The lowest BCUT2D eigenvalue weighted by Gasteiger charge is -2.14. The molecule has 0 aliphatic rings. The second-order valence-electron chi connectivity index (χ2n) is 15.5. The molecule has 12 aromatic rings. The van der Waals surface area contributed by atoms with Gasteiger partial charge >= 0.3 is 0 Å². The third-order valence-electron chi connectivity index (χ3n) is 11.8. The molecule has 0 aliphatic heterocycles. The third kappa shape index (κ3) is 5.93. The van der Waals surface area contributed by atoms with Crippen molar-refractivity contribution >= 4 is 64.8 Å². The maximum absolute atomic E-state index is 5.40.